The van der Waals surface area contributed by atoms with Crippen molar-refractivity contribution in [2.75, 3.05) is 6.61 Å². The van der Waals surface area contributed by atoms with Gasteiger partial charge in [-0.1, -0.05) is 38.1 Å². The number of hydrogen-bond donors (Lipinski definition) is 2. The monoisotopic (exact) mass is 334 g/mol. The van der Waals surface area contributed by atoms with Crippen LogP contribution in [0.4, 0.5) is 0 Å². The van der Waals surface area contributed by atoms with Crippen LogP contribution in [-0.4, -0.2) is 23.1 Å². The highest BCUT2D eigenvalue weighted by Gasteiger charge is 2.37. The first kappa shape index (κ1) is 14.6. The van der Waals surface area contributed by atoms with Crippen molar-refractivity contribution < 1.29 is 19.7 Å². The van der Waals surface area contributed by atoms with Crippen LogP contribution in [0.15, 0.2) is 42.5 Å². The van der Waals surface area contributed by atoms with Crippen LogP contribution in [0.5, 0.6) is 17.2 Å². The Morgan fingerprint density at radius 2 is 1.64 bits per heavy atom. The molecule has 4 nitrogen and oxygen atoms in total. The summed E-state index contributed by atoms with van der Waals surface area (Å²) < 4.78 is 11.2. The quantitative estimate of drug-likeness (QED) is 0.708. The fourth-order valence-electron chi connectivity index (χ4n) is 4.15. The lowest BCUT2D eigenvalue weighted by atomic mass is 9.82. The van der Waals surface area contributed by atoms with Crippen LogP contribution < -0.4 is 9.47 Å². The van der Waals surface area contributed by atoms with Gasteiger partial charge in [-0.2, -0.15) is 0 Å². The van der Waals surface area contributed by atoms with Crippen LogP contribution in [-0.2, 0) is 5.41 Å². The molecule has 0 amide bonds. The van der Waals surface area contributed by atoms with Crippen molar-refractivity contribution in [1.82, 2.24) is 0 Å². The molecule has 0 aromatic heterocycles. The molecule has 25 heavy (non-hydrogen) atoms. The molecule has 1 aliphatic heterocycles. The van der Waals surface area contributed by atoms with Gasteiger partial charge in [0.25, 0.3) is 6.29 Å². The number of phenolic OH excluding ortho intramolecular Hbond substituents is 1. The third-order valence-electron chi connectivity index (χ3n) is 5.39. The number of aromatic hydroxyl groups is 1. The van der Waals surface area contributed by atoms with Gasteiger partial charge in [0.15, 0.2) is 11.5 Å². The van der Waals surface area contributed by atoms with Crippen molar-refractivity contribution in [3.63, 3.8) is 0 Å². The first-order chi connectivity index (χ1) is 12.0. The summed E-state index contributed by atoms with van der Waals surface area (Å²) >= 11 is 0. The van der Waals surface area contributed by atoms with Crippen LogP contribution in [0, 0.1) is 0 Å². The van der Waals surface area contributed by atoms with Crippen molar-refractivity contribution in [2.24, 2.45) is 0 Å². The number of hydrogen-bond acceptors (Lipinski definition) is 4. The number of phenols is 1. The maximum atomic E-state index is 10.7. The third kappa shape index (κ3) is 1.80. The normalized spacial score (nSPS) is 19.1. The summed E-state index contributed by atoms with van der Waals surface area (Å²) in [5, 5.41) is 21.6. The molecule has 1 atom stereocenters. The van der Waals surface area contributed by atoms with E-state index in [1.54, 1.807) is 6.07 Å². The van der Waals surface area contributed by atoms with E-state index in [9.17, 15) is 10.2 Å². The second-order valence-electron chi connectivity index (χ2n) is 7.18. The van der Waals surface area contributed by atoms with Crippen molar-refractivity contribution in [2.45, 2.75) is 25.6 Å². The maximum Gasteiger partial charge on any atom is 0.264 e. The Morgan fingerprint density at radius 3 is 2.36 bits per heavy atom. The molecule has 0 fully saturated rings. The summed E-state index contributed by atoms with van der Waals surface area (Å²) in [4.78, 5) is 0. The maximum absolute atomic E-state index is 10.7. The molecule has 4 heteroatoms. The van der Waals surface area contributed by atoms with Gasteiger partial charge in [-0.25, -0.2) is 0 Å². The number of aliphatic hydroxyl groups is 1. The first-order valence-electron chi connectivity index (χ1n) is 8.39. The third-order valence-corrected chi connectivity index (χ3v) is 5.39. The van der Waals surface area contributed by atoms with Crippen molar-refractivity contribution in [3.05, 3.63) is 53.6 Å². The zero-order chi connectivity index (χ0) is 17.3. The Bertz CT molecular complexity index is 1040. The van der Waals surface area contributed by atoms with E-state index in [1.165, 1.54) is 11.1 Å². The molecular formula is C21H18O4. The van der Waals surface area contributed by atoms with Gasteiger partial charge >= 0.3 is 0 Å². The van der Waals surface area contributed by atoms with E-state index >= 15 is 0 Å². The van der Waals surface area contributed by atoms with Gasteiger partial charge in [0.2, 0.25) is 0 Å². The summed E-state index contributed by atoms with van der Waals surface area (Å²) in [5.74, 6) is 1.38. The van der Waals surface area contributed by atoms with Crippen molar-refractivity contribution in [3.8, 4) is 28.4 Å². The molecule has 2 aliphatic rings. The SMILES string of the molecule is CC1(C)c2ccccc2-c2c1cc(O)c1cc3c(cc21)OC(CO)O3. The average Bonchev–Trinajstić information content (AvgIpc) is 3.11. The lowest BCUT2D eigenvalue weighted by molar-refractivity contribution is -0.000745. The Kier molecular flexibility index (Phi) is 2.73. The Morgan fingerprint density at radius 1 is 0.960 bits per heavy atom. The predicted octanol–water partition coefficient (Wildman–Crippen LogP) is 3.94. The average molecular weight is 334 g/mol. The number of benzene rings is 3. The Hall–Kier alpha value is -2.72. The molecule has 0 saturated carbocycles. The standard InChI is InChI=1S/C21H18O4/c1-21(2)14-6-4-3-5-11(14)20-13-8-18-17(24-19(10-22)25-18)7-12(13)16(23)9-15(20)21/h3-9,19,22-23H,10H2,1-2H3. The molecule has 3 aromatic carbocycles. The van der Waals surface area contributed by atoms with Gasteiger partial charge in [0.1, 0.15) is 12.4 Å². The summed E-state index contributed by atoms with van der Waals surface area (Å²) in [6.45, 7) is 4.14. The molecule has 0 radical (unpaired) electrons. The van der Waals surface area contributed by atoms with E-state index in [4.69, 9.17) is 9.47 Å². The molecular weight excluding hydrogens is 316 g/mol. The highest BCUT2D eigenvalue weighted by molar-refractivity contribution is 6.06. The summed E-state index contributed by atoms with van der Waals surface area (Å²) in [6.07, 6.45) is -0.689. The van der Waals surface area contributed by atoms with Crippen molar-refractivity contribution >= 4 is 10.8 Å². The number of fused-ring (bicyclic) bond motifs is 6. The fourth-order valence-corrected chi connectivity index (χ4v) is 4.15. The molecule has 0 bridgehead atoms. The highest BCUT2D eigenvalue weighted by atomic mass is 16.7. The number of ether oxygens (including phenoxy) is 2. The van der Waals surface area contributed by atoms with Gasteiger partial charge in [-0.15, -0.1) is 0 Å². The predicted molar refractivity (Wildman–Crippen MR) is 95.3 cm³/mol. The number of aliphatic hydroxyl groups excluding tert-OH is 1. The minimum Gasteiger partial charge on any atom is -0.507 e. The van der Waals surface area contributed by atoms with E-state index in [0.717, 1.165) is 21.9 Å². The van der Waals surface area contributed by atoms with E-state index < -0.39 is 6.29 Å². The lowest BCUT2D eigenvalue weighted by Gasteiger charge is -2.22. The van der Waals surface area contributed by atoms with Crippen LogP contribution in [0.25, 0.3) is 21.9 Å². The van der Waals surface area contributed by atoms with Gasteiger partial charge in [-0.05, 0) is 45.8 Å². The largest absolute Gasteiger partial charge is 0.507 e. The molecule has 1 unspecified atom stereocenters. The molecule has 5 rings (SSSR count). The van der Waals surface area contributed by atoms with Crippen LogP contribution >= 0.6 is 0 Å². The Labute approximate surface area is 145 Å². The van der Waals surface area contributed by atoms with Gasteiger partial charge in [0.05, 0.1) is 0 Å². The van der Waals surface area contributed by atoms with E-state index in [2.05, 4.69) is 32.0 Å². The van der Waals surface area contributed by atoms with Crippen molar-refractivity contribution in [1.29, 1.82) is 0 Å². The van der Waals surface area contributed by atoms with E-state index in [0.29, 0.717) is 11.5 Å². The van der Waals surface area contributed by atoms with Gasteiger partial charge in [0, 0.05) is 10.8 Å². The minimum atomic E-state index is -0.689. The Balaban J connectivity index is 1.87. The van der Waals surface area contributed by atoms with Crippen LogP contribution in [0.3, 0.4) is 0 Å². The van der Waals surface area contributed by atoms with Crippen LogP contribution in [0.1, 0.15) is 25.0 Å². The number of rotatable bonds is 1. The summed E-state index contributed by atoms with van der Waals surface area (Å²) in [5.41, 5.74) is 4.50. The van der Waals surface area contributed by atoms with E-state index in [1.807, 2.05) is 18.2 Å². The van der Waals surface area contributed by atoms with Gasteiger partial charge < -0.3 is 19.7 Å². The second-order valence-corrected chi connectivity index (χ2v) is 7.18. The zero-order valence-electron chi connectivity index (χ0n) is 14.0. The lowest BCUT2D eigenvalue weighted by Crippen LogP contribution is -2.22. The molecule has 1 aliphatic carbocycles. The zero-order valence-corrected chi connectivity index (χ0v) is 14.0. The molecule has 2 N–H and O–H groups in total. The summed E-state index contributed by atoms with van der Waals surface area (Å²) in [6, 6.07) is 13.9. The topological polar surface area (TPSA) is 58.9 Å². The molecule has 0 saturated heterocycles. The second kappa shape index (κ2) is 4.67. The molecule has 0 spiro atoms. The smallest absolute Gasteiger partial charge is 0.264 e. The fraction of sp³-hybridized carbons (Fsp3) is 0.238. The molecule has 3 aromatic rings. The summed E-state index contributed by atoms with van der Waals surface area (Å²) in [7, 11) is 0. The first-order valence-corrected chi connectivity index (χ1v) is 8.39. The van der Waals surface area contributed by atoms with Crippen LogP contribution in [0.2, 0.25) is 0 Å². The molecule has 1 heterocycles. The van der Waals surface area contributed by atoms with E-state index in [-0.39, 0.29) is 17.8 Å². The van der Waals surface area contributed by atoms with Gasteiger partial charge in [-0.3, -0.25) is 0 Å². The molecule has 126 valence electrons. The highest BCUT2D eigenvalue weighted by Crippen LogP contribution is 2.54. The minimum absolute atomic E-state index is 0.179.